The topological polar surface area (TPSA) is 83.9 Å². The molecule has 0 spiro atoms. The molecule has 160 valence electrons. The molecule has 2 amide bonds. The van der Waals surface area contributed by atoms with Gasteiger partial charge < -0.3 is 10.4 Å². The molecule has 0 unspecified atom stereocenters. The van der Waals surface area contributed by atoms with Crippen LogP contribution in [-0.4, -0.2) is 17.0 Å². The van der Waals surface area contributed by atoms with E-state index in [4.69, 9.17) is 0 Å². The van der Waals surface area contributed by atoms with Crippen LogP contribution in [0.25, 0.3) is 0 Å². The summed E-state index contributed by atoms with van der Waals surface area (Å²) in [4.78, 5) is 29.0. The van der Waals surface area contributed by atoms with Crippen molar-refractivity contribution in [2.24, 2.45) is 11.8 Å². The van der Waals surface area contributed by atoms with Crippen molar-refractivity contribution in [2.45, 2.75) is 24.7 Å². The Labute approximate surface area is 185 Å². The van der Waals surface area contributed by atoms with Crippen LogP contribution < -0.4 is 10.1 Å². The first-order valence-corrected chi connectivity index (χ1v) is 10.8. The molecule has 0 radical (unpaired) electrons. The highest BCUT2D eigenvalue weighted by Crippen LogP contribution is 2.65. The summed E-state index contributed by atoms with van der Waals surface area (Å²) in [7, 11) is 0. The number of imide groups is 1. The quantitative estimate of drug-likeness (QED) is 0.499. The molecular formula is C26H21N2O4-. The molecule has 0 aromatic heterocycles. The molecule has 0 saturated carbocycles. The van der Waals surface area contributed by atoms with Gasteiger partial charge in [0.25, 0.3) is 0 Å². The SMILES string of the molecule is CCC12c3ccccc3C(c3ccccc31)[C@@H]1C(=O)N(c3cccc(N([O-])O)c3)C(=O)[C@H]12. The molecule has 3 aliphatic carbocycles. The average molecular weight is 425 g/mol. The number of amides is 2. The van der Waals surface area contributed by atoms with E-state index < -0.39 is 17.3 Å². The van der Waals surface area contributed by atoms with E-state index in [1.807, 2.05) is 24.3 Å². The highest BCUT2D eigenvalue weighted by atomic mass is 16.8. The number of rotatable bonds is 3. The zero-order chi connectivity index (χ0) is 22.2. The Kier molecular flexibility index (Phi) is 3.91. The lowest BCUT2D eigenvalue weighted by molar-refractivity contribution is -0.123. The zero-order valence-electron chi connectivity index (χ0n) is 17.4. The maximum Gasteiger partial charge on any atom is 0.238 e. The molecule has 4 aliphatic rings. The van der Waals surface area contributed by atoms with Crippen LogP contribution in [0.2, 0.25) is 0 Å². The zero-order valence-corrected chi connectivity index (χ0v) is 17.4. The average Bonchev–Trinajstić information content (AvgIpc) is 3.10. The maximum atomic E-state index is 14.0. The highest BCUT2D eigenvalue weighted by Gasteiger charge is 2.67. The van der Waals surface area contributed by atoms with Crippen LogP contribution >= 0.6 is 0 Å². The van der Waals surface area contributed by atoms with E-state index in [9.17, 15) is 20.0 Å². The summed E-state index contributed by atoms with van der Waals surface area (Å²) in [5.74, 6) is -1.72. The van der Waals surface area contributed by atoms with Gasteiger partial charge in [-0.2, -0.15) is 0 Å². The van der Waals surface area contributed by atoms with Gasteiger partial charge in [-0.15, -0.1) is 0 Å². The molecular weight excluding hydrogens is 404 g/mol. The summed E-state index contributed by atoms with van der Waals surface area (Å²) < 4.78 is 0. The number of carbonyl (C=O) groups is 2. The molecule has 1 aliphatic heterocycles. The Morgan fingerprint density at radius 3 is 2.16 bits per heavy atom. The van der Waals surface area contributed by atoms with Crippen molar-refractivity contribution in [1.29, 1.82) is 0 Å². The second kappa shape index (κ2) is 6.51. The smallest absolute Gasteiger partial charge is 0.238 e. The van der Waals surface area contributed by atoms with E-state index in [2.05, 4.69) is 31.2 Å². The largest absolute Gasteiger partial charge is 0.733 e. The molecule has 6 nitrogen and oxygen atoms in total. The number of anilines is 2. The van der Waals surface area contributed by atoms with Gasteiger partial charge in [-0.1, -0.05) is 61.5 Å². The Balaban J connectivity index is 1.60. The Morgan fingerprint density at radius 1 is 0.938 bits per heavy atom. The second-order valence-electron chi connectivity index (χ2n) is 8.79. The molecule has 2 bridgehead atoms. The third-order valence-corrected chi connectivity index (χ3v) is 7.66. The number of carbonyl (C=O) groups excluding carboxylic acids is 2. The molecule has 1 heterocycles. The molecule has 1 saturated heterocycles. The van der Waals surface area contributed by atoms with Gasteiger partial charge in [-0.25, -0.2) is 4.90 Å². The molecule has 2 atom stereocenters. The number of hydrogen-bond donors (Lipinski definition) is 1. The van der Waals surface area contributed by atoms with E-state index in [0.717, 1.165) is 22.3 Å². The van der Waals surface area contributed by atoms with Crippen molar-refractivity contribution in [3.8, 4) is 0 Å². The predicted molar refractivity (Wildman–Crippen MR) is 119 cm³/mol. The highest BCUT2D eigenvalue weighted by molar-refractivity contribution is 6.24. The molecule has 7 rings (SSSR count). The van der Waals surface area contributed by atoms with E-state index in [1.54, 1.807) is 12.1 Å². The van der Waals surface area contributed by atoms with Gasteiger partial charge in [0.2, 0.25) is 11.8 Å². The van der Waals surface area contributed by atoms with E-state index >= 15 is 0 Å². The molecule has 3 aromatic rings. The van der Waals surface area contributed by atoms with E-state index in [-0.39, 0.29) is 28.6 Å². The van der Waals surface area contributed by atoms with Gasteiger partial charge >= 0.3 is 0 Å². The summed E-state index contributed by atoms with van der Waals surface area (Å²) in [5.41, 5.74) is 4.18. The van der Waals surface area contributed by atoms with Crippen LogP contribution in [0.5, 0.6) is 0 Å². The lowest BCUT2D eigenvalue weighted by Crippen LogP contribution is -2.53. The number of nitrogens with zero attached hydrogens (tertiary/aromatic N) is 2. The first-order chi connectivity index (χ1) is 15.5. The first kappa shape index (κ1) is 19.2. The lowest BCUT2D eigenvalue weighted by atomic mass is 9.46. The predicted octanol–water partition coefficient (Wildman–Crippen LogP) is 4.34. The Bertz CT molecular complexity index is 1240. The minimum Gasteiger partial charge on any atom is -0.733 e. The minimum atomic E-state index is -0.590. The van der Waals surface area contributed by atoms with Crippen LogP contribution in [0.4, 0.5) is 11.4 Å². The van der Waals surface area contributed by atoms with Gasteiger partial charge in [0.1, 0.15) is 0 Å². The van der Waals surface area contributed by atoms with Crippen LogP contribution in [0.1, 0.15) is 41.5 Å². The maximum absolute atomic E-state index is 14.0. The van der Waals surface area contributed by atoms with Crippen LogP contribution in [0.3, 0.4) is 0 Å². The summed E-state index contributed by atoms with van der Waals surface area (Å²) >= 11 is 0. The van der Waals surface area contributed by atoms with Crippen LogP contribution in [0.15, 0.2) is 72.8 Å². The number of benzene rings is 3. The van der Waals surface area contributed by atoms with Gasteiger partial charge in [0.15, 0.2) is 0 Å². The minimum absolute atomic E-state index is 0.0299. The lowest BCUT2D eigenvalue weighted by Gasteiger charge is -2.54. The van der Waals surface area contributed by atoms with E-state index in [1.165, 1.54) is 17.0 Å². The summed E-state index contributed by atoms with van der Waals surface area (Å²) in [6.07, 6.45) is 0.687. The van der Waals surface area contributed by atoms with Crippen molar-refractivity contribution in [2.75, 3.05) is 10.1 Å². The van der Waals surface area contributed by atoms with Crippen molar-refractivity contribution < 1.29 is 14.8 Å². The van der Waals surface area contributed by atoms with Crippen molar-refractivity contribution in [3.63, 3.8) is 0 Å². The summed E-state index contributed by atoms with van der Waals surface area (Å²) in [5, 5.41) is 20.5. The van der Waals surface area contributed by atoms with Gasteiger partial charge in [-0.05, 0) is 46.9 Å². The molecule has 1 N–H and O–H groups in total. The fourth-order valence-electron chi connectivity index (χ4n) is 6.54. The molecule has 1 fully saturated rings. The van der Waals surface area contributed by atoms with Crippen LogP contribution in [-0.2, 0) is 15.0 Å². The van der Waals surface area contributed by atoms with Gasteiger partial charge in [0.05, 0.1) is 23.2 Å². The second-order valence-corrected chi connectivity index (χ2v) is 8.79. The molecule has 6 heteroatoms. The first-order valence-electron chi connectivity index (χ1n) is 10.8. The van der Waals surface area contributed by atoms with E-state index in [0.29, 0.717) is 12.1 Å². The number of hydrogen-bond acceptors (Lipinski definition) is 5. The Hall–Kier alpha value is -3.48. The fraction of sp³-hybridized carbons (Fsp3) is 0.231. The molecule has 3 aromatic carbocycles. The molecule has 32 heavy (non-hydrogen) atoms. The van der Waals surface area contributed by atoms with Crippen molar-refractivity contribution in [1.82, 2.24) is 0 Å². The standard InChI is InChI=1S/C26H21N2O4/c1-2-26-19-12-5-3-10-17(19)21(18-11-4-6-13-20(18)26)22-23(26)25(30)27(24(22)29)15-8-7-9-16(14-15)28(31)32/h3-14,21-23,31H,2H2,1H3/q-1/t21?,22-,23-,26?/m0/s1. The fourth-order valence-corrected chi connectivity index (χ4v) is 6.54. The third kappa shape index (κ3) is 2.16. The normalized spacial score (nSPS) is 27.2. The van der Waals surface area contributed by atoms with Crippen molar-refractivity contribution in [3.05, 3.63) is 100 Å². The third-order valence-electron chi connectivity index (χ3n) is 7.66. The van der Waals surface area contributed by atoms with Gasteiger partial charge in [0, 0.05) is 11.3 Å². The van der Waals surface area contributed by atoms with Crippen LogP contribution in [0, 0.1) is 17.0 Å². The monoisotopic (exact) mass is 425 g/mol. The Morgan fingerprint density at radius 2 is 1.56 bits per heavy atom. The van der Waals surface area contributed by atoms with Crippen molar-refractivity contribution >= 4 is 23.2 Å². The summed E-state index contributed by atoms with van der Waals surface area (Å²) in [6.45, 7) is 2.08. The summed E-state index contributed by atoms with van der Waals surface area (Å²) in [6, 6.07) is 22.3. The van der Waals surface area contributed by atoms with Gasteiger partial charge in [-0.3, -0.25) is 14.8 Å².